The third-order valence-electron chi connectivity index (χ3n) is 5.32. The number of carbonyl (C=O) groups is 5. The van der Waals surface area contributed by atoms with Gasteiger partial charge in [-0.3, -0.25) is 24.0 Å². The second kappa shape index (κ2) is 17.7. The van der Waals surface area contributed by atoms with E-state index in [2.05, 4.69) is 0 Å². The van der Waals surface area contributed by atoms with Crippen LogP contribution >= 0.6 is 0 Å². The topological polar surface area (TPSA) is 141 Å². The Kier molecular flexibility index (Phi) is 15.5. The van der Waals surface area contributed by atoms with Crippen molar-refractivity contribution in [2.24, 2.45) is 0 Å². The quantitative estimate of drug-likeness (QED) is 0.214. The van der Waals surface area contributed by atoms with Crippen LogP contribution in [0.4, 0.5) is 0 Å². The molecule has 37 heavy (non-hydrogen) atoms. The second-order valence-corrected chi connectivity index (χ2v) is 8.83. The monoisotopic (exact) mass is 530 g/mol. The minimum absolute atomic E-state index is 0.0546. The van der Waals surface area contributed by atoms with Crippen molar-refractivity contribution in [3.8, 4) is 0 Å². The molecule has 0 bridgehead atoms. The van der Waals surface area contributed by atoms with Crippen LogP contribution in [0.1, 0.15) is 98.8 Å². The number of hydrogen-bond donors (Lipinski definition) is 0. The summed E-state index contributed by atoms with van der Waals surface area (Å²) in [5.41, 5.74) is 0. The Morgan fingerprint density at radius 1 is 0.514 bits per heavy atom. The SMILES string of the molecule is CCCC(=O)OC[C@H]1O[C@H](OC(=O)CCC)[C@H](OC(=O)CCC)[C@@H](OC(=O)CCC)[C@@H]1OC(=O)CCC. The van der Waals surface area contributed by atoms with Crippen LogP contribution in [-0.4, -0.2) is 67.2 Å². The van der Waals surface area contributed by atoms with Gasteiger partial charge < -0.3 is 28.4 Å². The molecule has 1 fully saturated rings. The van der Waals surface area contributed by atoms with Crippen LogP contribution in [0.2, 0.25) is 0 Å². The van der Waals surface area contributed by atoms with E-state index in [0.29, 0.717) is 32.1 Å². The highest BCUT2D eigenvalue weighted by atomic mass is 16.7. The van der Waals surface area contributed by atoms with Gasteiger partial charge in [0.2, 0.25) is 12.4 Å². The second-order valence-electron chi connectivity index (χ2n) is 8.83. The maximum Gasteiger partial charge on any atom is 0.308 e. The maximum atomic E-state index is 12.6. The van der Waals surface area contributed by atoms with Crippen LogP contribution in [0.5, 0.6) is 0 Å². The van der Waals surface area contributed by atoms with Crippen molar-refractivity contribution in [3.05, 3.63) is 0 Å². The third kappa shape index (κ3) is 11.5. The van der Waals surface area contributed by atoms with Gasteiger partial charge in [-0.25, -0.2) is 0 Å². The van der Waals surface area contributed by atoms with E-state index in [9.17, 15) is 24.0 Å². The van der Waals surface area contributed by atoms with Crippen molar-refractivity contribution in [3.63, 3.8) is 0 Å². The Morgan fingerprint density at radius 2 is 0.892 bits per heavy atom. The highest BCUT2D eigenvalue weighted by molar-refractivity contribution is 5.72. The average molecular weight is 531 g/mol. The van der Waals surface area contributed by atoms with E-state index in [4.69, 9.17) is 28.4 Å². The van der Waals surface area contributed by atoms with Gasteiger partial charge in [-0.2, -0.15) is 0 Å². The molecule has 0 aromatic heterocycles. The molecule has 0 saturated carbocycles. The van der Waals surface area contributed by atoms with Gasteiger partial charge in [-0.1, -0.05) is 34.6 Å². The summed E-state index contributed by atoms with van der Waals surface area (Å²) in [6.07, 6.45) is -3.74. The third-order valence-corrected chi connectivity index (χ3v) is 5.32. The van der Waals surface area contributed by atoms with Gasteiger partial charge in [0, 0.05) is 32.1 Å². The zero-order valence-corrected chi connectivity index (χ0v) is 22.7. The van der Waals surface area contributed by atoms with Crippen LogP contribution in [-0.2, 0) is 52.4 Å². The molecule has 11 heteroatoms. The Bertz CT molecular complexity index is 751. The lowest BCUT2D eigenvalue weighted by atomic mass is 9.97. The highest BCUT2D eigenvalue weighted by Crippen LogP contribution is 2.31. The van der Waals surface area contributed by atoms with Crippen molar-refractivity contribution in [2.45, 2.75) is 130 Å². The lowest BCUT2D eigenvalue weighted by Crippen LogP contribution is -2.63. The number of hydrogen-bond acceptors (Lipinski definition) is 11. The molecule has 1 aliphatic rings. The molecule has 1 aliphatic heterocycles. The van der Waals surface area contributed by atoms with Gasteiger partial charge in [-0.05, 0) is 32.1 Å². The van der Waals surface area contributed by atoms with Crippen molar-refractivity contribution >= 4 is 29.8 Å². The number of rotatable bonds is 16. The first-order valence-electron chi connectivity index (χ1n) is 13.3. The van der Waals surface area contributed by atoms with E-state index >= 15 is 0 Å². The first kappa shape index (κ1) is 32.3. The predicted octanol–water partition coefficient (Wildman–Crippen LogP) is 3.53. The summed E-state index contributed by atoms with van der Waals surface area (Å²) in [6, 6.07) is 0. The molecular formula is C26H42O11. The fourth-order valence-corrected chi connectivity index (χ4v) is 3.60. The molecule has 0 aromatic rings. The van der Waals surface area contributed by atoms with E-state index in [1.807, 2.05) is 6.92 Å². The lowest BCUT2D eigenvalue weighted by molar-refractivity contribution is -0.301. The molecule has 0 aliphatic carbocycles. The standard InChI is InChI=1S/C26H42O11/c1-6-11-18(27)32-16-17-23(34-19(28)12-7-2)24(35-20(29)13-8-3)25(36-21(30)14-9-4)26(33-17)37-22(31)15-10-5/h17,23-26H,6-16H2,1-5H3/t17-,23-,24+,25-,26-/m1/s1. The summed E-state index contributed by atoms with van der Waals surface area (Å²) in [6.45, 7) is 8.61. The fourth-order valence-electron chi connectivity index (χ4n) is 3.60. The van der Waals surface area contributed by atoms with Crippen molar-refractivity contribution in [1.82, 2.24) is 0 Å². The summed E-state index contributed by atoms with van der Waals surface area (Å²) >= 11 is 0. The molecule has 0 spiro atoms. The molecule has 1 saturated heterocycles. The number of ether oxygens (including phenoxy) is 6. The first-order chi connectivity index (χ1) is 17.7. The van der Waals surface area contributed by atoms with Gasteiger partial charge in [0.15, 0.2) is 12.2 Å². The molecule has 5 atom stereocenters. The molecule has 0 unspecified atom stereocenters. The first-order valence-corrected chi connectivity index (χ1v) is 13.3. The van der Waals surface area contributed by atoms with Crippen LogP contribution in [0.3, 0.4) is 0 Å². The molecule has 0 amide bonds. The summed E-state index contributed by atoms with van der Waals surface area (Å²) in [5, 5.41) is 0. The minimum atomic E-state index is -1.48. The zero-order chi connectivity index (χ0) is 27.8. The molecule has 0 aromatic carbocycles. The van der Waals surface area contributed by atoms with E-state index < -0.39 is 60.6 Å². The Hall–Kier alpha value is -2.69. The van der Waals surface area contributed by atoms with Crippen LogP contribution in [0.25, 0.3) is 0 Å². The van der Waals surface area contributed by atoms with E-state index in [-0.39, 0.29) is 38.7 Å². The van der Waals surface area contributed by atoms with Crippen LogP contribution in [0, 0.1) is 0 Å². The lowest BCUT2D eigenvalue weighted by Gasteiger charge is -2.44. The molecule has 1 heterocycles. The van der Waals surface area contributed by atoms with Gasteiger partial charge in [0.1, 0.15) is 12.7 Å². The number of carbonyl (C=O) groups excluding carboxylic acids is 5. The summed E-state index contributed by atoms with van der Waals surface area (Å²) in [4.78, 5) is 62.0. The molecule has 212 valence electrons. The summed E-state index contributed by atoms with van der Waals surface area (Å²) in [5.74, 6) is -2.97. The van der Waals surface area contributed by atoms with E-state index in [1.54, 1.807) is 27.7 Å². The van der Waals surface area contributed by atoms with Crippen molar-refractivity contribution < 1.29 is 52.4 Å². The Balaban J connectivity index is 3.45. The molecule has 0 N–H and O–H groups in total. The normalized spacial score (nSPS) is 23.0. The molecule has 11 nitrogen and oxygen atoms in total. The minimum Gasteiger partial charge on any atom is -0.463 e. The number of esters is 5. The van der Waals surface area contributed by atoms with E-state index in [0.717, 1.165) is 0 Å². The molecule has 1 rings (SSSR count). The van der Waals surface area contributed by atoms with Crippen LogP contribution in [0.15, 0.2) is 0 Å². The smallest absolute Gasteiger partial charge is 0.308 e. The van der Waals surface area contributed by atoms with Crippen LogP contribution < -0.4 is 0 Å². The largest absolute Gasteiger partial charge is 0.463 e. The van der Waals surface area contributed by atoms with Gasteiger partial charge >= 0.3 is 29.8 Å². The Labute approximate surface area is 218 Å². The molecule has 0 radical (unpaired) electrons. The Morgan fingerprint density at radius 3 is 1.35 bits per heavy atom. The zero-order valence-electron chi connectivity index (χ0n) is 22.7. The average Bonchev–Trinajstić information content (AvgIpc) is 2.82. The predicted molar refractivity (Wildman–Crippen MR) is 130 cm³/mol. The van der Waals surface area contributed by atoms with Crippen molar-refractivity contribution in [2.75, 3.05) is 6.61 Å². The fraction of sp³-hybridized carbons (Fsp3) is 0.808. The summed E-state index contributed by atoms with van der Waals surface area (Å²) < 4.78 is 33.6. The van der Waals surface area contributed by atoms with E-state index in [1.165, 1.54) is 0 Å². The molecular weight excluding hydrogens is 488 g/mol. The van der Waals surface area contributed by atoms with Crippen molar-refractivity contribution in [1.29, 1.82) is 0 Å². The van der Waals surface area contributed by atoms with Gasteiger partial charge in [0.05, 0.1) is 0 Å². The van der Waals surface area contributed by atoms with Gasteiger partial charge in [0.25, 0.3) is 0 Å². The highest BCUT2D eigenvalue weighted by Gasteiger charge is 2.54. The van der Waals surface area contributed by atoms with Gasteiger partial charge in [-0.15, -0.1) is 0 Å². The maximum absolute atomic E-state index is 12.6. The summed E-state index contributed by atoms with van der Waals surface area (Å²) in [7, 11) is 0.